The SMILES string of the molecule is CCCNC1(CO)CCC(OC(C)(C)CC)C1. The van der Waals surface area contributed by atoms with Crippen molar-refractivity contribution in [1.82, 2.24) is 5.32 Å². The maximum absolute atomic E-state index is 9.60. The molecule has 1 saturated carbocycles. The molecule has 3 heteroatoms. The Balaban J connectivity index is 2.49. The van der Waals surface area contributed by atoms with E-state index in [0.717, 1.165) is 38.6 Å². The lowest BCUT2D eigenvalue weighted by atomic mass is 9.98. The molecule has 1 aliphatic rings. The Hall–Kier alpha value is -0.120. The third kappa shape index (κ3) is 4.23. The highest BCUT2D eigenvalue weighted by atomic mass is 16.5. The van der Waals surface area contributed by atoms with Crippen molar-refractivity contribution in [3.05, 3.63) is 0 Å². The number of rotatable bonds is 7. The third-order valence-electron chi connectivity index (χ3n) is 3.95. The summed E-state index contributed by atoms with van der Waals surface area (Å²) in [5.74, 6) is 0. The molecule has 0 aromatic heterocycles. The Labute approximate surface area is 106 Å². The predicted octanol–water partition coefficient (Wildman–Crippen LogP) is 2.47. The van der Waals surface area contributed by atoms with Gasteiger partial charge in [-0.3, -0.25) is 0 Å². The van der Waals surface area contributed by atoms with Gasteiger partial charge in [0.1, 0.15) is 0 Å². The Morgan fingerprint density at radius 2 is 2.12 bits per heavy atom. The second kappa shape index (κ2) is 6.17. The zero-order valence-electron chi connectivity index (χ0n) is 11.9. The summed E-state index contributed by atoms with van der Waals surface area (Å²) in [4.78, 5) is 0. The van der Waals surface area contributed by atoms with Crippen LogP contribution >= 0.6 is 0 Å². The van der Waals surface area contributed by atoms with Crippen LogP contribution < -0.4 is 5.32 Å². The van der Waals surface area contributed by atoms with Crippen LogP contribution in [0.4, 0.5) is 0 Å². The molecule has 0 aliphatic heterocycles. The number of nitrogens with one attached hydrogen (secondary N) is 1. The molecular weight excluding hydrogens is 214 g/mol. The summed E-state index contributed by atoms with van der Waals surface area (Å²) >= 11 is 0. The molecule has 17 heavy (non-hydrogen) atoms. The minimum atomic E-state index is -0.0928. The Bertz CT molecular complexity index is 230. The van der Waals surface area contributed by atoms with E-state index < -0.39 is 0 Å². The van der Waals surface area contributed by atoms with Crippen LogP contribution in [0, 0.1) is 0 Å². The summed E-state index contributed by atoms with van der Waals surface area (Å²) in [6.45, 7) is 9.80. The maximum Gasteiger partial charge on any atom is 0.0627 e. The molecule has 0 spiro atoms. The van der Waals surface area contributed by atoms with Gasteiger partial charge in [-0.2, -0.15) is 0 Å². The molecule has 0 amide bonds. The van der Waals surface area contributed by atoms with Gasteiger partial charge in [0.2, 0.25) is 0 Å². The number of aliphatic hydroxyl groups is 1. The summed E-state index contributed by atoms with van der Waals surface area (Å²) in [5.41, 5.74) is -0.133. The van der Waals surface area contributed by atoms with E-state index in [4.69, 9.17) is 4.74 Å². The highest BCUT2D eigenvalue weighted by Gasteiger charge is 2.40. The molecule has 2 N–H and O–H groups in total. The van der Waals surface area contributed by atoms with E-state index >= 15 is 0 Å². The summed E-state index contributed by atoms with van der Waals surface area (Å²) < 4.78 is 6.13. The quantitative estimate of drug-likeness (QED) is 0.722. The van der Waals surface area contributed by atoms with Crippen LogP contribution in [0.1, 0.15) is 59.8 Å². The lowest BCUT2D eigenvalue weighted by molar-refractivity contribution is -0.0735. The van der Waals surface area contributed by atoms with Gasteiger partial charge in [-0.15, -0.1) is 0 Å². The normalized spacial score (nSPS) is 29.8. The number of ether oxygens (including phenoxy) is 1. The van der Waals surface area contributed by atoms with Crippen LogP contribution in [-0.2, 0) is 4.74 Å². The van der Waals surface area contributed by atoms with Crippen molar-refractivity contribution in [2.75, 3.05) is 13.2 Å². The van der Waals surface area contributed by atoms with Gasteiger partial charge in [-0.25, -0.2) is 0 Å². The van der Waals surface area contributed by atoms with E-state index in [1.54, 1.807) is 0 Å². The monoisotopic (exact) mass is 243 g/mol. The maximum atomic E-state index is 9.60. The zero-order valence-corrected chi connectivity index (χ0v) is 11.9. The summed E-state index contributed by atoms with van der Waals surface area (Å²) in [5, 5.41) is 13.1. The second-order valence-electron chi connectivity index (χ2n) is 5.96. The number of hydrogen-bond acceptors (Lipinski definition) is 3. The van der Waals surface area contributed by atoms with Crippen LogP contribution in [0.15, 0.2) is 0 Å². The Morgan fingerprint density at radius 3 is 2.65 bits per heavy atom. The molecule has 0 heterocycles. The fraction of sp³-hybridized carbons (Fsp3) is 1.00. The number of hydrogen-bond donors (Lipinski definition) is 2. The molecule has 3 nitrogen and oxygen atoms in total. The van der Waals surface area contributed by atoms with Gasteiger partial charge in [0.25, 0.3) is 0 Å². The van der Waals surface area contributed by atoms with E-state index in [-0.39, 0.29) is 17.7 Å². The van der Waals surface area contributed by atoms with Crippen molar-refractivity contribution in [2.24, 2.45) is 0 Å². The molecule has 1 fully saturated rings. The van der Waals surface area contributed by atoms with Crippen LogP contribution in [0.2, 0.25) is 0 Å². The van der Waals surface area contributed by atoms with Crippen molar-refractivity contribution in [3.63, 3.8) is 0 Å². The van der Waals surface area contributed by atoms with E-state index in [1.165, 1.54) is 0 Å². The lowest BCUT2D eigenvalue weighted by Gasteiger charge is -2.31. The van der Waals surface area contributed by atoms with Crippen molar-refractivity contribution >= 4 is 0 Å². The number of aliphatic hydroxyl groups excluding tert-OH is 1. The lowest BCUT2D eigenvalue weighted by Crippen LogP contribution is -2.47. The molecule has 1 rings (SSSR count). The van der Waals surface area contributed by atoms with Crippen LogP contribution in [0.3, 0.4) is 0 Å². The molecule has 2 atom stereocenters. The second-order valence-corrected chi connectivity index (χ2v) is 5.96. The van der Waals surface area contributed by atoms with Gasteiger partial charge in [-0.1, -0.05) is 13.8 Å². The summed E-state index contributed by atoms with van der Waals surface area (Å²) in [7, 11) is 0. The molecule has 2 unspecified atom stereocenters. The molecule has 0 radical (unpaired) electrons. The van der Waals surface area contributed by atoms with Crippen molar-refractivity contribution in [3.8, 4) is 0 Å². The molecule has 1 aliphatic carbocycles. The van der Waals surface area contributed by atoms with Crippen LogP contribution in [0.25, 0.3) is 0 Å². The molecular formula is C14H29NO2. The average molecular weight is 243 g/mol. The fourth-order valence-electron chi connectivity index (χ4n) is 2.46. The Kier molecular flexibility index (Phi) is 5.42. The van der Waals surface area contributed by atoms with E-state index in [2.05, 4.69) is 33.0 Å². The topological polar surface area (TPSA) is 41.5 Å². The summed E-state index contributed by atoms with van der Waals surface area (Å²) in [6, 6.07) is 0. The van der Waals surface area contributed by atoms with Gasteiger partial charge < -0.3 is 15.2 Å². The highest BCUT2D eigenvalue weighted by molar-refractivity contribution is 4.97. The van der Waals surface area contributed by atoms with E-state index in [0.29, 0.717) is 6.10 Å². The zero-order chi connectivity index (χ0) is 12.9. The van der Waals surface area contributed by atoms with Crippen molar-refractivity contribution in [2.45, 2.75) is 77.0 Å². The fourth-order valence-corrected chi connectivity index (χ4v) is 2.46. The average Bonchev–Trinajstić information content (AvgIpc) is 2.70. The first-order valence-electron chi connectivity index (χ1n) is 7.00. The Morgan fingerprint density at radius 1 is 1.41 bits per heavy atom. The molecule has 0 bridgehead atoms. The van der Waals surface area contributed by atoms with Crippen molar-refractivity contribution < 1.29 is 9.84 Å². The first-order chi connectivity index (χ1) is 7.97. The minimum absolute atomic E-state index is 0.0407. The van der Waals surface area contributed by atoms with Gasteiger partial charge in [0, 0.05) is 5.54 Å². The third-order valence-corrected chi connectivity index (χ3v) is 3.95. The smallest absolute Gasteiger partial charge is 0.0627 e. The van der Waals surface area contributed by atoms with E-state index in [9.17, 15) is 5.11 Å². The van der Waals surface area contributed by atoms with Gasteiger partial charge in [0.15, 0.2) is 0 Å². The first kappa shape index (κ1) is 14.9. The standard InChI is InChI=1S/C14H29NO2/c1-5-9-15-14(11-16)8-7-12(10-14)17-13(3,4)6-2/h12,15-16H,5-11H2,1-4H3. The van der Waals surface area contributed by atoms with Gasteiger partial charge >= 0.3 is 0 Å². The van der Waals surface area contributed by atoms with Crippen LogP contribution in [-0.4, -0.2) is 35.5 Å². The largest absolute Gasteiger partial charge is 0.394 e. The van der Waals surface area contributed by atoms with Crippen LogP contribution in [0.5, 0.6) is 0 Å². The predicted molar refractivity (Wildman–Crippen MR) is 71.2 cm³/mol. The molecule has 102 valence electrons. The van der Waals surface area contributed by atoms with E-state index in [1.807, 2.05) is 0 Å². The highest BCUT2D eigenvalue weighted by Crippen LogP contribution is 2.34. The molecule has 0 aromatic carbocycles. The molecule has 0 saturated heterocycles. The summed E-state index contributed by atoms with van der Waals surface area (Å²) in [6.07, 6.45) is 5.44. The first-order valence-corrected chi connectivity index (χ1v) is 7.00. The van der Waals surface area contributed by atoms with Crippen molar-refractivity contribution in [1.29, 1.82) is 0 Å². The molecule has 0 aromatic rings. The van der Waals surface area contributed by atoms with Gasteiger partial charge in [0.05, 0.1) is 18.3 Å². The van der Waals surface area contributed by atoms with Gasteiger partial charge in [-0.05, 0) is 52.5 Å². The minimum Gasteiger partial charge on any atom is -0.394 e.